The van der Waals surface area contributed by atoms with Crippen molar-refractivity contribution < 1.29 is 9.53 Å². The van der Waals surface area contributed by atoms with E-state index in [1.807, 2.05) is 11.2 Å². The summed E-state index contributed by atoms with van der Waals surface area (Å²) in [5.41, 5.74) is 5.96. The quantitative estimate of drug-likeness (QED) is 0.777. The van der Waals surface area contributed by atoms with E-state index in [-0.39, 0.29) is 11.9 Å². The number of carbonyl (C=O) groups is 1. The van der Waals surface area contributed by atoms with Gasteiger partial charge in [-0.15, -0.1) is 0 Å². The fourth-order valence-corrected chi connectivity index (χ4v) is 2.83. The van der Waals surface area contributed by atoms with Crippen molar-refractivity contribution in [3.05, 3.63) is 0 Å². The summed E-state index contributed by atoms with van der Waals surface area (Å²) < 4.78 is 5.79. The van der Waals surface area contributed by atoms with Gasteiger partial charge in [0.2, 0.25) is 5.91 Å². The summed E-state index contributed by atoms with van der Waals surface area (Å²) in [7, 11) is 0. The summed E-state index contributed by atoms with van der Waals surface area (Å²) in [6.07, 6.45) is 7.21. The Hall–Kier alpha value is -0.260. The number of ether oxygens (including phenoxy) is 1. The molecule has 1 rings (SSSR count). The summed E-state index contributed by atoms with van der Waals surface area (Å²) in [5, 5.41) is 0. The minimum absolute atomic E-state index is 0.116. The predicted molar refractivity (Wildman–Crippen MR) is 81.4 cm³/mol. The van der Waals surface area contributed by atoms with Crippen LogP contribution in [0.5, 0.6) is 0 Å². The van der Waals surface area contributed by atoms with Crippen LogP contribution in [0.25, 0.3) is 0 Å². The van der Waals surface area contributed by atoms with Gasteiger partial charge in [0.25, 0.3) is 0 Å². The zero-order chi connectivity index (χ0) is 14.1. The molecule has 5 heteroatoms. The largest absolute Gasteiger partial charge is 0.378 e. The van der Waals surface area contributed by atoms with Crippen LogP contribution in [0.2, 0.25) is 0 Å². The van der Waals surface area contributed by atoms with Crippen molar-refractivity contribution in [1.82, 2.24) is 4.90 Å². The molecule has 112 valence electrons. The van der Waals surface area contributed by atoms with Gasteiger partial charge < -0.3 is 15.4 Å². The summed E-state index contributed by atoms with van der Waals surface area (Å²) in [6.45, 7) is 4.57. The molecular formula is C14H28N2O2S. The second-order valence-electron chi connectivity index (χ2n) is 5.14. The highest BCUT2D eigenvalue weighted by atomic mass is 32.2. The number of nitrogens with two attached hydrogens (primary N) is 1. The molecule has 0 aliphatic carbocycles. The summed E-state index contributed by atoms with van der Waals surface area (Å²) in [4.78, 5) is 14.2. The molecule has 1 aliphatic rings. The lowest BCUT2D eigenvalue weighted by atomic mass is 10.1. The van der Waals surface area contributed by atoms with E-state index < -0.39 is 0 Å². The number of hydrogen-bond acceptors (Lipinski definition) is 4. The predicted octanol–water partition coefficient (Wildman–Crippen LogP) is 1.87. The number of hydrogen-bond donors (Lipinski definition) is 1. The third-order valence-corrected chi connectivity index (χ3v) is 4.14. The molecule has 1 fully saturated rings. The molecule has 0 saturated carbocycles. The van der Waals surface area contributed by atoms with Gasteiger partial charge >= 0.3 is 0 Å². The molecule has 4 nitrogen and oxygen atoms in total. The van der Waals surface area contributed by atoms with Gasteiger partial charge in [0.05, 0.1) is 12.1 Å². The molecule has 2 N–H and O–H groups in total. The minimum Gasteiger partial charge on any atom is -0.378 e. The van der Waals surface area contributed by atoms with Gasteiger partial charge in [-0.2, -0.15) is 11.8 Å². The number of carbonyl (C=O) groups excluding carboxylic acids is 1. The topological polar surface area (TPSA) is 55.6 Å². The van der Waals surface area contributed by atoms with Crippen LogP contribution in [-0.4, -0.2) is 54.7 Å². The molecule has 0 aromatic heterocycles. The van der Waals surface area contributed by atoms with Crippen molar-refractivity contribution in [2.24, 2.45) is 5.73 Å². The van der Waals surface area contributed by atoms with Gasteiger partial charge in [-0.1, -0.05) is 6.92 Å². The second kappa shape index (κ2) is 9.61. The van der Waals surface area contributed by atoms with Crippen LogP contribution in [0.1, 0.15) is 39.0 Å². The highest BCUT2D eigenvalue weighted by Crippen LogP contribution is 2.15. The van der Waals surface area contributed by atoms with Crippen LogP contribution < -0.4 is 5.73 Å². The van der Waals surface area contributed by atoms with Crippen molar-refractivity contribution in [3.8, 4) is 0 Å². The van der Waals surface area contributed by atoms with Gasteiger partial charge in [-0.3, -0.25) is 4.79 Å². The Morgan fingerprint density at radius 2 is 2.26 bits per heavy atom. The molecule has 0 aromatic carbocycles. The molecule has 2 atom stereocenters. The van der Waals surface area contributed by atoms with Gasteiger partial charge in [0, 0.05) is 19.7 Å². The Morgan fingerprint density at radius 1 is 1.47 bits per heavy atom. The highest BCUT2D eigenvalue weighted by Gasteiger charge is 2.24. The Labute approximate surface area is 121 Å². The first-order valence-corrected chi connectivity index (χ1v) is 8.73. The van der Waals surface area contributed by atoms with Gasteiger partial charge in [0.1, 0.15) is 0 Å². The van der Waals surface area contributed by atoms with Crippen LogP contribution in [0.15, 0.2) is 0 Å². The van der Waals surface area contributed by atoms with Crippen LogP contribution in [-0.2, 0) is 9.53 Å². The van der Waals surface area contributed by atoms with Crippen molar-refractivity contribution in [2.45, 2.75) is 51.2 Å². The molecule has 1 heterocycles. The van der Waals surface area contributed by atoms with Crippen LogP contribution in [0, 0.1) is 0 Å². The summed E-state index contributed by atoms with van der Waals surface area (Å²) in [6, 6.07) is -0.333. The normalized spacial score (nSPS) is 22.1. The number of nitrogens with zero attached hydrogens (tertiary/aromatic N) is 1. The molecule has 19 heavy (non-hydrogen) atoms. The third-order valence-electron chi connectivity index (χ3n) is 3.49. The third kappa shape index (κ3) is 6.15. The van der Waals surface area contributed by atoms with Gasteiger partial charge in [-0.05, 0) is 44.1 Å². The molecule has 0 aromatic rings. The Bertz CT molecular complexity index is 264. The van der Waals surface area contributed by atoms with Crippen molar-refractivity contribution in [1.29, 1.82) is 0 Å². The van der Waals surface area contributed by atoms with E-state index in [1.54, 1.807) is 11.8 Å². The van der Waals surface area contributed by atoms with Crippen molar-refractivity contribution in [3.63, 3.8) is 0 Å². The lowest BCUT2D eigenvalue weighted by molar-refractivity contribution is -0.132. The first-order valence-electron chi connectivity index (χ1n) is 7.34. The lowest BCUT2D eigenvalue weighted by Gasteiger charge is -2.24. The average molecular weight is 288 g/mol. The Balaban J connectivity index is 2.36. The van der Waals surface area contributed by atoms with E-state index >= 15 is 0 Å². The number of thioether (sulfide) groups is 1. The molecule has 0 bridgehead atoms. The van der Waals surface area contributed by atoms with E-state index in [9.17, 15) is 4.79 Å². The smallest absolute Gasteiger partial charge is 0.239 e. The fraction of sp³-hybridized carbons (Fsp3) is 0.929. The van der Waals surface area contributed by atoms with E-state index in [4.69, 9.17) is 10.5 Å². The van der Waals surface area contributed by atoms with Crippen molar-refractivity contribution >= 4 is 17.7 Å². The van der Waals surface area contributed by atoms with E-state index in [0.717, 1.165) is 57.6 Å². The second-order valence-corrected chi connectivity index (χ2v) is 6.12. The highest BCUT2D eigenvalue weighted by molar-refractivity contribution is 7.98. The summed E-state index contributed by atoms with van der Waals surface area (Å²) in [5.74, 6) is 1.06. The number of amides is 1. The van der Waals surface area contributed by atoms with Gasteiger partial charge in [0.15, 0.2) is 0 Å². The van der Waals surface area contributed by atoms with Crippen LogP contribution >= 0.6 is 11.8 Å². The molecule has 1 saturated heterocycles. The molecule has 1 unspecified atom stereocenters. The van der Waals surface area contributed by atoms with E-state index in [2.05, 4.69) is 6.92 Å². The first kappa shape index (κ1) is 16.8. The fourth-order valence-electron chi connectivity index (χ4n) is 2.34. The number of likely N-dealkylation sites (tertiary alicyclic amines) is 1. The standard InChI is InChI=1S/C14H28N2O2S/c1-3-10-18-12-5-4-8-16(9-6-12)14(17)13(15)7-11-19-2/h12-13H,3-11,15H2,1-2H3/t12?,13-/m0/s1. The van der Waals surface area contributed by atoms with E-state index in [1.165, 1.54) is 0 Å². The van der Waals surface area contributed by atoms with E-state index in [0.29, 0.717) is 6.10 Å². The molecule has 1 amide bonds. The van der Waals surface area contributed by atoms with Crippen LogP contribution in [0.3, 0.4) is 0 Å². The molecule has 1 aliphatic heterocycles. The van der Waals surface area contributed by atoms with Crippen LogP contribution in [0.4, 0.5) is 0 Å². The number of rotatable bonds is 7. The van der Waals surface area contributed by atoms with Gasteiger partial charge in [-0.25, -0.2) is 0 Å². The minimum atomic E-state index is -0.333. The zero-order valence-corrected chi connectivity index (χ0v) is 13.1. The Morgan fingerprint density at radius 3 is 2.95 bits per heavy atom. The maximum absolute atomic E-state index is 12.2. The SMILES string of the molecule is CCCOC1CCCN(C(=O)[C@@H](N)CCSC)CC1. The zero-order valence-electron chi connectivity index (χ0n) is 12.3. The Kier molecular flexibility index (Phi) is 8.50. The first-order chi connectivity index (χ1) is 9.19. The maximum atomic E-state index is 12.2. The molecular weight excluding hydrogens is 260 g/mol. The summed E-state index contributed by atoms with van der Waals surface area (Å²) >= 11 is 1.74. The van der Waals surface area contributed by atoms with Crippen molar-refractivity contribution in [2.75, 3.05) is 31.7 Å². The lowest BCUT2D eigenvalue weighted by Crippen LogP contribution is -2.44. The average Bonchev–Trinajstić information content (AvgIpc) is 2.67. The molecule has 0 radical (unpaired) electrons. The maximum Gasteiger partial charge on any atom is 0.239 e. The monoisotopic (exact) mass is 288 g/mol. The molecule has 0 spiro atoms.